The Bertz CT molecular complexity index is 648. The summed E-state index contributed by atoms with van der Waals surface area (Å²) >= 11 is 0. The lowest BCUT2D eigenvalue weighted by molar-refractivity contribution is 0.310. The maximum Gasteiger partial charge on any atom is 0.0991 e. The van der Waals surface area contributed by atoms with E-state index in [-0.39, 0.29) is 0 Å². The van der Waals surface area contributed by atoms with E-state index in [4.69, 9.17) is 5.26 Å². The number of rotatable bonds is 3. The highest BCUT2D eigenvalue weighted by Gasteiger charge is 2.30. The lowest BCUT2D eigenvalue weighted by Crippen LogP contribution is -2.23. The van der Waals surface area contributed by atoms with E-state index in [0.29, 0.717) is 5.92 Å². The molecule has 3 nitrogen and oxygen atoms in total. The van der Waals surface area contributed by atoms with Crippen molar-refractivity contribution in [3.8, 4) is 6.07 Å². The second kappa shape index (κ2) is 5.30. The van der Waals surface area contributed by atoms with E-state index < -0.39 is 0 Å². The minimum Gasteiger partial charge on any atom is -0.361 e. The zero-order valence-corrected chi connectivity index (χ0v) is 12.2. The van der Waals surface area contributed by atoms with E-state index in [2.05, 4.69) is 36.2 Å². The number of H-pyrrole nitrogens is 1. The Balaban J connectivity index is 1.99. The molecule has 0 saturated heterocycles. The smallest absolute Gasteiger partial charge is 0.0991 e. The SMILES string of the molecule is CN(C)CC1CCCC1c1c[nH]c2ccc(C#N)cc12. The maximum atomic E-state index is 9.09. The molecule has 2 unspecified atom stereocenters. The highest BCUT2D eigenvalue weighted by Crippen LogP contribution is 2.42. The van der Waals surface area contributed by atoms with Crippen LogP contribution in [0.2, 0.25) is 0 Å². The molecule has 20 heavy (non-hydrogen) atoms. The largest absolute Gasteiger partial charge is 0.361 e. The number of fused-ring (bicyclic) bond motifs is 1. The number of aromatic nitrogens is 1. The van der Waals surface area contributed by atoms with Crippen LogP contribution < -0.4 is 0 Å². The van der Waals surface area contributed by atoms with E-state index in [1.165, 1.54) is 30.2 Å². The van der Waals surface area contributed by atoms with Gasteiger partial charge in [-0.25, -0.2) is 0 Å². The van der Waals surface area contributed by atoms with Gasteiger partial charge in [-0.15, -0.1) is 0 Å². The van der Waals surface area contributed by atoms with Gasteiger partial charge in [0.1, 0.15) is 0 Å². The molecule has 3 rings (SSSR count). The minimum atomic E-state index is 0.625. The molecule has 0 bridgehead atoms. The van der Waals surface area contributed by atoms with Crippen LogP contribution in [-0.4, -0.2) is 30.5 Å². The van der Waals surface area contributed by atoms with Crippen LogP contribution in [0.4, 0.5) is 0 Å². The number of nitrogens with one attached hydrogen (secondary N) is 1. The van der Waals surface area contributed by atoms with Crippen molar-refractivity contribution in [2.24, 2.45) is 5.92 Å². The number of nitrogens with zero attached hydrogens (tertiary/aromatic N) is 2. The molecule has 0 amide bonds. The highest BCUT2D eigenvalue weighted by molar-refractivity contribution is 5.85. The Morgan fingerprint density at radius 3 is 2.95 bits per heavy atom. The first-order valence-corrected chi connectivity index (χ1v) is 7.35. The fourth-order valence-electron chi connectivity index (χ4n) is 3.65. The molecule has 1 saturated carbocycles. The second-order valence-corrected chi connectivity index (χ2v) is 6.18. The van der Waals surface area contributed by atoms with Crippen molar-refractivity contribution in [1.29, 1.82) is 5.26 Å². The van der Waals surface area contributed by atoms with Crippen LogP contribution in [0.5, 0.6) is 0 Å². The Morgan fingerprint density at radius 1 is 1.35 bits per heavy atom. The Hall–Kier alpha value is -1.79. The molecule has 104 valence electrons. The zero-order valence-electron chi connectivity index (χ0n) is 12.2. The van der Waals surface area contributed by atoms with Gasteiger partial charge in [-0.1, -0.05) is 6.42 Å². The van der Waals surface area contributed by atoms with Crippen LogP contribution in [-0.2, 0) is 0 Å². The minimum absolute atomic E-state index is 0.625. The molecule has 3 heteroatoms. The second-order valence-electron chi connectivity index (χ2n) is 6.18. The van der Waals surface area contributed by atoms with E-state index in [1.807, 2.05) is 18.2 Å². The summed E-state index contributed by atoms with van der Waals surface area (Å²) in [4.78, 5) is 5.66. The average Bonchev–Trinajstić information content (AvgIpc) is 3.03. The molecule has 1 fully saturated rings. The standard InChI is InChI=1S/C17H21N3/c1-20(2)11-13-4-3-5-14(13)16-10-19-17-7-6-12(9-18)8-15(16)17/h6-8,10,13-14,19H,3-5,11H2,1-2H3. The van der Waals surface area contributed by atoms with Crippen LogP contribution in [0.1, 0.15) is 36.3 Å². The van der Waals surface area contributed by atoms with Crippen molar-refractivity contribution in [2.45, 2.75) is 25.2 Å². The highest BCUT2D eigenvalue weighted by atomic mass is 15.1. The van der Waals surface area contributed by atoms with Gasteiger partial charge < -0.3 is 9.88 Å². The summed E-state index contributed by atoms with van der Waals surface area (Å²) < 4.78 is 0. The molecule has 0 radical (unpaired) electrons. The van der Waals surface area contributed by atoms with Gasteiger partial charge in [-0.3, -0.25) is 0 Å². The molecule has 1 aromatic heterocycles. The third kappa shape index (κ3) is 2.32. The Kier molecular flexibility index (Phi) is 3.50. The van der Waals surface area contributed by atoms with Gasteiger partial charge >= 0.3 is 0 Å². The van der Waals surface area contributed by atoms with Gasteiger partial charge in [0.05, 0.1) is 11.6 Å². The van der Waals surface area contributed by atoms with Gasteiger partial charge in [0.25, 0.3) is 0 Å². The molecule has 1 N–H and O–H groups in total. The first kappa shape index (κ1) is 13.2. The average molecular weight is 267 g/mol. The molecule has 1 aliphatic rings. The van der Waals surface area contributed by atoms with Crippen LogP contribution in [0.25, 0.3) is 10.9 Å². The first-order valence-electron chi connectivity index (χ1n) is 7.35. The predicted octanol–water partition coefficient (Wildman–Crippen LogP) is 3.48. The van der Waals surface area contributed by atoms with Gasteiger partial charge in [0.2, 0.25) is 0 Å². The molecule has 2 atom stereocenters. The zero-order chi connectivity index (χ0) is 14.1. The summed E-state index contributed by atoms with van der Waals surface area (Å²) in [6, 6.07) is 8.19. The first-order chi connectivity index (χ1) is 9.69. The summed E-state index contributed by atoms with van der Waals surface area (Å²) in [5.41, 5.74) is 3.30. The van der Waals surface area contributed by atoms with E-state index in [1.54, 1.807) is 0 Å². The summed E-state index contributed by atoms with van der Waals surface area (Å²) in [6.07, 6.45) is 6.05. The number of nitriles is 1. The van der Waals surface area contributed by atoms with Crippen molar-refractivity contribution in [1.82, 2.24) is 9.88 Å². The quantitative estimate of drug-likeness (QED) is 0.925. The molecule has 1 aliphatic carbocycles. The van der Waals surface area contributed by atoms with Gasteiger partial charge in [0.15, 0.2) is 0 Å². The van der Waals surface area contributed by atoms with Crippen LogP contribution in [0.15, 0.2) is 24.4 Å². The fraction of sp³-hybridized carbons (Fsp3) is 0.471. The molecular weight excluding hydrogens is 246 g/mol. The summed E-state index contributed by atoms with van der Waals surface area (Å²) in [5.74, 6) is 1.36. The Labute approximate surface area is 120 Å². The van der Waals surface area contributed by atoms with Crippen molar-refractivity contribution in [3.05, 3.63) is 35.5 Å². The topological polar surface area (TPSA) is 42.8 Å². The summed E-state index contributed by atoms with van der Waals surface area (Å²) in [7, 11) is 4.30. The third-order valence-electron chi connectivity index (χ3n) is 4.50. The lowest BCUT2D eigenvalue weighted by atomic mass is 9.88. The van der Waals surface area contributed by atoms with Gasteiger partial charge in [-0.05, 0) is 62.5 Å². The van der Waals surface area contributed by atoms with E-state index in [0.717, 1.165) is 23.5 Å². The van der Waals surface area contributed by atoms with Gasteiger partial charge in [-0.2, -0.15) is 5.26 Å². The lowest BCUT2D eigenvalue weighted by Gasteiger charge is -2.23. The Morgan fingerprint density at radius 2 is 2.20 bits per heavy atom. The van der Waals surface area contributed by atoms with Crippen molar-refractivity contribution in [2.75, 3.05) is 20.6 Å². The molecule has 2 aromatic rings. The fourth-order valence-corrected chi connectivity index (χ4v) is 3.65. The molecule has 0 aliphatic heterocycles. The number of hydrogen-bond acceptors (Lipinski definition) is 2. The normalized spacial score (nSPS) is 22.5. The van der Waals surface area contributed by atoms with Crippen molar-refractivity contribution in [3.63, 3.8) is 0 Å². The van der Waals surface area contributed by atoms with Crippen molar-refractivity contribution < 1.29 is 0 Å². The number of benzene rings is 1. The monoisotopic (exact) mass is 267 g/mol. The molecule has 1 heterocycles. The van der Waals surface area contributed by atoms with Gasteiger partial charge in [0, 0.05) is 23.6 Å². The van der Waals surface area contributed by atoms with Crippen molar-refractivity contribution >= 4 is 10.9 Å². The predicted molar refractivity (Wildman–Crippen MR) is 81.6 cm³/mol. The van der Waals surface area contributed by atoms with E-state index >= 15 is 0 Å². The van der Waals surface area contributed by atoms with Crippen LogP contribution >= 0.6 is 0 Å². The maximum absolute atomic E-state index is 9.09. The summed E-state index contributed by atoms with van der Waals surface area (Å²) in [6.45, 7) is 1.15. The summed E-state index contributed by atoms with van der Waals surface area (Å²) in [5, 5.41) is 10.3. The van der Waals surface area contributed by atoms with E-state index in [9.17, 15) is 0 Å². The number of aromatic amines is 1. The molecule has 0 spiro atoms. The third-order valence-corrected chi connectivity index (χ3v) is 4.50. The molecule has 1 aromatic carbocycles. The number of hydrogen-bond donors (Lipinski definition) is 1. The van der Waals surface area contributed by atoms with Crippen LogP contribution in [0, 0.1) is 17.2 Å². The molecular formula is C17H21N3. The van der Waals surface area contributed by atoms with Crippen LogP contribution in [0.3, 0.4) is 0 Å².